The van der Waals surface area contributed by atoms with E-state index in [1.54, 1.807) is 4.90 Å². The summed E-state index contributed by atoms with van der Waals surface area (Å²) in [5, 5.41) is 14.5. The van der Waals surface area contributed by atoms with Crippen LogP contribution in [0.1, 0.15) is 38.6 Å². The molecule has 6 nitrogen and oxygen atoms in total. The Labute approximate surface area is 162 Å². The van der Waals surface area contributed by atoms with Gasteiger partial charge in [-0.25, -0.2) is 13.9 Å². The van der Waals surface area contributed by atoms with Crippen molar-refractivity contribution in [2.45, 2.75) is 31.4 Å². The Bertz CT molecular complexity index is 1060. The molecule has 2 aromatic heterocycles. The molecule has 0 aliphatic carbocycles. The second-order valence-corrected chi connectivity index (χ2v) is 7.14. The van der Waals surface area contributed by atoms with E-state index < -0.39 is 5.82 Å². The number of alkyl halides is 1. The molecule has 0 unspecified atom stereocenters. The molecule has 26 heavy (non-hydrogen) atoms. The van der Waals surface area contributed by atoms with Gasteiger partial charge in [-0.3, -0.25) is 4.79 Å². The highest BCUT2D eigenvalue weighted by molar-refractivity contribution is 14.1. The molecule has 4 rings (SSSR count). The molecule has 1 N–H and O–H groups in total. The summed E-state index contributed by atoms with van der Waals surface area (Å²) in [4.78, 5) is 19.0. The minimum Gasteiger partial charge on any atom is -0.507 e. The van der Waals surface area contributed by atoms with Gasteiger partial charge < -0.3 is 10.0 Å². The largest absolute Gasteiger partial charge is 0.507 e. The van der Waals surface area contributed by atoms with Crippen LogP contribution in [0, 0.1) is 19.7 Å². The smallest absolute Gasteiger partial charge is 0.258 e. The maximum absolute atomic E-state index is 13.2. The lowest BCUT2D eigenvalue weighted by atomic mass is 10.1. The Balaban J connectivity index is 1.70. The minimum absolute atomic E-state index is 0.0843. The molecule has 0 radical (unpaired) electrons. The summed E-state index contributed by atoms with van der Waals surface area (Å²) in [6.45, 7) is 4.71. The normalized spacial score (nSPS) is 13.5. The van der Waals surface area contributed by atoms with Gasteiger partial charge >= 0.3 is 0 Å². The van der Waals surface area contributed by atoms with Crippen molar-refractivity contribution in [1.29, 1.82) is 0 Å². The number of aromatic nitrogens is 3. The van der Waals surface area contributed by atoms with Crippen LogP contribution in [0.4, 0.5) is 4.39 Å². The molecule has 1 aliphatic rings. The van der Waals surface area contributed by atoms with E-state index in [1.807, 2.05) is 18.4 Å². The third-order valence-corrected chi connectivity index (χ3v) is 5.57. The maximum Gasteiger partial charge on any atom is 0.258 e. The van der Waals surface area contributed by atoms with E-state index in [0.717, 1.165) is 38.8 Å². The summed E-state index contributed by atoms with van der Waals surface area (Å²) in [5.41, 5.74) is 5.77. The standard InChI is InChI=1S/C18H16FIN4O2/c1-9-13(6-20)10(2)24-17(21-9)14-7-23(8-15(14)22-24)18(26)12-4-3-11(19)5-16(12)25/h3-5,25H,6-8H2,1-2H3. The molecule has 0 spiro atoms. The van der Waals surface area contributed by atoms with E-state index in [2.05, 4.69) is 27.7 Å². The Morgan fingerprint density at radius 3 is 2.81 bits per heavy atom. The number of phenols is 1. The third kappa shape index (κ3) is 2.54. The predicted octanol–water partition coefficient (Wildman–Crippen LogP) is 3.28. The first-order chi connectivity index (χ1) is 12.4. The van der Waals surface area contributed by atoms with Gasteiger partial charge in [0.1, 0.15) is 11.6 Å². The van der Waals surface area contributed by atoms with Crippen molar-refractivity contribution in [2.24, 2.45) is 0 Å². The number of amides is 1. The molecule has 1 aliphatic heterocycles. The predicted molar refractivity (Wildman–Crippen MR) is 102 cm³/mol. The fraction of sp³-hybridized carbons (Fsp3) is 0.278. The molecule has 0 fully saturated rings. The lowest BCUT2D eigenvalue weighted by Crippen LogP contribution is -2.26. The van der Waals surface area contributed by atoms with Crippen molar-refractivity contribution in [1.82, 2.24) is 19.5 Å². The zero-order chi connectivity index (χ0) is 18.6. The maximum atomic E-state index is 13.2. The number of nitrogens with zero attached hydrogens (tertiary/aromatic N) is 4. The van der Waals surface area contributed by atoms with Crippen LogP contribution in [-0.2, 0) is 17.5 Å². The van der Waals surface area contributed by atoms with E-state index in [9.17, 15) is 14.3 Å². The first-order valence-corrected chi connectivity index (χ1v) is 9.63. The number of carbonyl (C=O) groups is 1. The van der Waals surface area contributed by atoms with Gasteiger partial charge in [0, 0.05) is 33.0 Å². The van der Waals surface area contributed by atoms with Crippen molar-refractivity contribution in [3.63, 3.8) is 0 Å². The van der Waals surface area contributed by atoms with Crippen LogP contribution in [0.5, 0.6) is 5.75 Å². The number of phenolic OH excluding ortho intramolecular Hbond substituents is 1. The monoisotopic (exact) mass is 466 g/mol. The number of halogens is 2. The molecule has 0 saturated heterocycles. The van der Waals surface area contributed by atoms with E-state index in [4.69, 9.17) is 4.98 Å². The molecule has 1 amide bonds. The Hall–Kier alpha value is -2.23. The quantitative estimate of drug-likeness (QED) is 0.465. The van der Waals surface area contributed by atoms with Gasteiger partial charge in [-0.2, -0.15) is 5.10 Å². The first-order valence-electron chi connectivity index (χ1n) is 8.11. The molecule has 0 saturated carbocycles. The third-order valence-electron chi connectivity index (χ3n) is 4.81. The van der Waals surface area contributed by atoms with Crippen LogP contribution >= 0.6 is 22.6 Å². The van der Waals surface area contributed by atoms with E-state index >= 15 is 0 Å². The summed E-state index contributed by atoms with van der Waals surface area (Å²) in [6, 6.07) is 3.41. The van der Waals surface area contributed by atoms with Crippen LogP contribution in [-0.4, -0.2) is 30.5 Å². The molecule has 134 valence electrons. The highest BCUT2D eigenvalue weighted by Crippen LogP contribution is 2.30. The number of rotatable bonds is 2. The number of carbonyl (C=O) groups excluding carboxylic acids is 1. The second kappa shape index (κ2) is 6.19. The number of hydrogen-bond donors (Lipinski definition) is 1. The Morgan fingerprint density at radius 2 is 2.12 bits per heavy atom. The molecule has 8 heteroatoms. The average molecular weight is 466 g/mol. The van der Waals surface area contributed by atoms with Gasteiger partial charge in [0.25, 0.3) is 5.91 Å². The molecule has 0 atom stereocenters. The Morgan fingerprint density at radius 1 is 1.35 bits per heavy atom. The van der Waals surface area contributed by atoms with Crippen molar-refractivity contribution in [2.75, 3.05) is 0 Å². The molecule has 0 bridgehead atoms. The van der Waals surface area contributed by atoms with Gasteiger partial charge in [-0.1, -0.05) is 22.6 Å². The topological polar surface area (TPSA) is 70.7 Å². The number of benzene rings is 1. The van der Waals surface area contributed by atoms with Crippen molar-refractivity contribution in [3.8, 4) is 5.75 Å². The van der Waals surface area contributed by atoms with Gasteiger partial charge in [-0.15, -0.1) is 0 Å². The Kier molecular flexibility index (Phi) is 4.09. The molecule has 3 heterocycles. The highest BCUT2D eigenvalue weighted by atomic mass is 127. The van der Waals surface area contributed by atoms with Gasteiger partial charge in [0.05, 0.1) is 24.3 Å². The number of fused-ring (bicyclic) bond motifs is 3. The SMILES string of the molecule is Cc1nc2c3c(nn2c(C)c1CI)CN(C(=O)c1ccc(F)cc1O)C3. The van der Waals surface area contributed by atoms with E-state index in [1.165, 1.54) is 17.7 Å². The molecular formula is C18H16FIN4O2. The van der Waals surface area contributed by atoms with Crippen LogP contribution in [0.3, 0.4) is 0 Å². The first kappa shape index (κ1) is 17.2. The zero-order valence-corrected chi connectivity index (χ0v) is 16.4. The number of aromatic hydroxyl groups is 1. The van der Waals surface area contributed by atoms with Crippen LogP contribution in [0.2, 0.25) is 0 Å². The highest BCUT2D eigenvalue weighted by Gasteiger charge is 2.31. The van der Waals surface area contributed by atoms with E-state index in [-0.39, 0.29) is 17.2 Å². The fourth-order valence-corrected chi connectivity index (χ4v) is 4.46. The van der Waals surface area contributed by atoms with Gasteiger partial charge in [-0.05, 0) is 26.0 Å². The lowest BCUT2D eigenvalue weighted by Gasteiger charge is -2.17. The summed E-state index contributed by atoms with van der Waals surface area (Å²) in [6.07, 6.45) is 0. The molecular weight excluding hydrogens is 450 g/mol. The average Bonchev–Trinajstić information content (AvgIpc) is 3.14. The lowest BCUT2D eigenvalue weighted by molar-refractivity contribution is 0.0746. The van der Waals surface area contributed by atoms with Gasteiger partial charge in [0.15, 0.2) is 5.65 Å². The summed E-state index contributed by atoms with van der Waals surface area (Å²) >= 11 is 2.32. The molecule has 3 aromatic rings. The van der Waals surface area contributed by atoms with Crippen LogP contribution in [0.15, 0.2) is 18.2 Å². The van der Waals surface area contributed by atoms with Crippen LogP contribution < -0.4 is 0 Å². The van der Waals surface area contributed by atoms with Crippen molar-refractivity contribution < 1.29 is 14.3 Å². The molecule has 1 aromatic carbocycles. The van der Waals surface area contributed by atoms with Crippen molar-refractivity contribution in [3.05, 3.63) is 57.8 Å². The second-order valence-electron chi connectivity index (χ2n) is 6.38. The van der Waals surface area contributed by atoms with Gasteiger partial charge in [0.2, 0.25) is 0 Å². The minimum atomic E-state index is -0.581. The van der Waals surface area contributed by atoms with E-state index in [0.29, 0.717) is 13.1 Å². The number of hydrogen-bond acceptors (Lipinski definition) is 4. The summed E-state index contributed by atoms with van der Waals surface area (Å²) < 4.78 is 15.9. The summed E-state index contributed by atoms with van der Waals surface area (Å²) in [7, 11) is 0. The van der Waals surface area contributed by atoms with Crippen LogP contribution in [0.25, 0.3) is 5.65 Å². The van der Waals surface area contributed by atoms with Crippen molar-refractivity contribution >= 4 is 34.1 Å². The number of aryl methyl sites for hydroxylation is 2. The fourth-order valence-electron chi connectivity index (χ4n) is 3.36. The zero-order valence-electron chi connectivity index (χ0n) is 14.3. The summed E-state index contributed by atoms with van der Waals surface area (Å²) in [5.74, 6) is -1.29.